The SMILES string of the molecule is CCOC(=O)CCCCCNC(=O)c1ccc(-n2cccc2)cc1. The van der Waals surface area contributed by atoms with Gasteiger partial charge in [0.2, 0.25) is 0 Å². The van der Waals surface area contributed by atoms with Crippen LogP contribution in [0.5, 0.6) is 0 Å². The Hall–Kier alpha value is -2.56. The summed E-state index contributed by atoms with van der Waals surface area (Å²) in [4.78, 5) is 23.3. The summed E-state index contributed by atoms with van der Waals surface area (Å²) in [7, 11) is 0. The number of ether oxygens (including phenoxy) is 1. The Morgan fingerprint density at radius 2 is 1.75 bits per heavy atom. The molecule has 0 aliphatic rings. The van der Waals surface area contributed by atoms with Crippen molar-refractivity contribution in [1.82, 2.24) is 9.88 Å². The molecule has 0 saturated carbocycles. The second-order valence-electron chi connectivity index (χ2n) is 5.51. The number of nitrogens with zero attached hydrogens (tertiary/aromatic N) is 1. The first-order chi connectivity index (χ1) is 11.7. The number of unbranched alkanes of at least 4 members (excludes halogenated alkanes) is 2. The Kier molecular flexibility index (Phi) is 7.08. The fraction of sp³-hybridized carbons (Fsp3) is 0.368. The van der Waals surface area contributed by atoms with E-state index in [2.05, 4.69) is 5.32 Å². The standard InChI is InChI=1S/C19H24N2O3/c1-2-24-18(22)8-4-3-5-13-20-19(23)16-9-11-17(12-10-16)21-14-6-7-15-21/h6-7,9-12,14-15H,2-5,8,13H2,1H3,(H,20,23). The zero-order valence-corrected chi connectivity index (χ0v) is 14.0. The lowest BCUT2D eigenvalue weighted by molar-refractivity contribution is -0.143. The third kappa shape index (κ3) is 5.57. The zero-order chi connectivity index (χ0) is 17.2. The Balaban J connectivity index is 1.66. The second-order valence-corrected chi connectivity index (χ2v) is 5.51. The third-order valence-electron chi connectivity index (χ3n) is 3.68. The van der Waals surface area contributed by atoms with E-state index in [-0.39, 0.29) is 11.9 Å². The molecule has 0 saturated heterocycles. The molecule has 1 amide bonds. The van der Waals surface area contributed by atoms with Crippen LogP contribution in [0.1, 0.15) is 43.0 Å². The predicted molar refractivity (Wildman–Crippen MR) is 93.2 cm³/mol. The van der Waals surface area contributed by atoms with Crippen LogP contribution in [0.25, 0.3) is 5.69 Å². The van der Waals surface area contributed by atoms with E-state index in [9.17, 15) is 9.59 Å². The molecule has 5 heteroatoms. The predicted octanol–water partition coefficient (Wildman–Crippen LogP) is 3.33. The number of benzene rings is 1. The average Bonchev–Trinajstić information content (AvgIpc) is 3.13. The summed E-state index contributed by atoms with van der Waals surface area (Å²) >= 11 is 0. The van der Waals surface area contributed by atoms with Gasteiger partial charge >= 0.3 is 5.97 Å². The lowest BCUT2D eigenvalue weighted by Crippen LogP contribution is -2.24. The van der Waals surface area contributed by atoms with Gasteiger partial charge in [0, 0.05) is 36.6 Å². The number of hydrogen-bond donors (Lipinski definition) is 1. The summed E-state index contributed by atoms with van der Waals surface area (Å²) in [6.45, 7) is 2.84. The molecule has 0 radical (unpaired) electrons. The van der Waals surface area contributed by atoms with E-state index in [4.69, 9.17) is 4.74 Å². The van der Waals surface area contributed by atoms with Crippen LogP contribution in [0, 0.1) is 0 Å². The molecule has 2 aromatic rings. The summed E-state index contributed by atoms with van der Waals surface area (Å²) in [5.74, 6) is -0.219. The molecule has 5 nitrogen and oxygen atoms in total. The smallest absolute Gasteiger partial charge is 0.305 e. The van der Waals surface area contributed by atoms with E-state index in [1.165, 1.54) is 0 Å². The molecular weight excluding hydrogens is 304 g/mol. The molecule has 0 unspecified atom stereocenters. The first-order valence-electron chi connectivity index (χ1n) is 8.38. The topological polar surface area (TPSA) is 60.3 Å². The fourth-order valence-corrected chi connectivity index (χ4v) is 2.40. The van der Waals surface area contributed by atoms with E-state index in [0.29, 0.717) is 25.1 Å². The molecule has 128 valence electrons. The van der Waals surface area contributed by atoms with Gasteiger partial charge in [0.25, 0.3) is 5.91 Å². The van der Waals surface area contributed by atoms with Crippen molar-refractivity contribution in [2.45, 2.75) is 32.6 Å². The maximum Gasteiger partial charge on any atom is 0.305 e. The number of hydrogen-bond acceptors (Lipinski definition) is 3. The molecule has 2 rings (SSSR count). The van der Waals surface area contributed by atoms with Crippen molar-refractivity contribution < 1.29 is 14.3 Å². The van der Waals surface area contributed by atoms with Gasteiger partial charge < -0.3 is 14.6 Å². The molecular formula is C19H24N2O3. The van der Waals surface area contributed by atoms with Gasteiger partial charge in [-0.2, -0.15) is 0 Å². The highest BCUT2D eigenvalue weighted by Gasteiger charge is 2.05. The number of aromatic nitrogens is 1. The van der Waals surface area contributed by atoms with Gasteiger partial charge in [0.05, 0.1) is 6.61 Å². The van der Waals surface area contributed by atoms with Gasteiger partial charge in [-0.1, -0.05) is 6.42 Å². The van der Waals surface area contributed by atoms with Crippen LogP contribution in [0.15, 0.2) is 48.8 Å². The summed E-state index contributed by atoms with van der Waals surface area (Å²) in [5.41, 5.74) is 1.67. The van der Waals surface area contributed by atoms with Crippen molar-refractivity contribution >= 4 is 11.9 Å². The van der Waals surface area contributed by atoms with Gasteiger partial charge in [-0.25, -0.2) is 0 Å². The van der Waals surface area contributed by atoms with Gasteiger partial charge in [-0.3, -0.25) is 9.59 Å². The van der Waals surface area contributed by atoms with Crippen LogP contribution < -0.4 is 5.32 Å². The Bertz CT molecular complexity index is 633. The molecule has 0 aliphatic carbocycles. The first kappa shape index (κ1) is 17.8. The lowest BCUT2D eigenvalue weighted by atomic mass is 10.1. The van der Waals surface area contributed by atoms with Crippen LogP contribution in [0.4, 0.5) is 0 Å². The van der Waals surface area contributed by atoms with Crippen molar-refractivity contribution in [2.24, 2.45) is 0 Å². The molecule has 1 aromatic carbocycles. The van der Waals surface area contributed by atoms with Crippen LogP contribution in [-0.2, 0) is 9.53 Å². The molecule has 0 aliphatic heterocycles. The number of esters is 1. The van der Waals surface area contributed by atoms with Gasteiger partial charge in [0.1, 0.15) is 0 Å². The molecule has 0 spiro atoms. The fourth-order valence-electron chi connectivity index (χ4n) is 2.40. The highest BCUT2D eigenvalue weighted by Crippen LogP contribution is 2.10. The van der Waals surface area contributed by atoms with Crippen molar-refractivity contribution in [2.75, 3.05) is 13.2 Å². The number of carbonyl (C=O) groups excluding carboxylic acids is 2. The number of nitrogens with one attached hydrogen (secondary N) is 1. The second kappa shape index (κ2) is 9.55. The third-order valence-corrected chi connectivity index (χ3v) is 3.68. The highest BCUT2D eigenvalue weighted by atomic mass is 16.5. The number of carbonyl (C=O) groups is 2. The maximum absolute atomic E-state index is 12.1. The monoisotopic (exact) mass is 328 g/mol. The Labute approximate surface area is 142 Å². The van der Waals surface area contributed by atoms with E-state index in [0.717, 1.165) is 24.9 Å². The molecule has 1 heterocycles. The molecule has 1 aromatic heterocycles. The molecule has 0 atom stereocenters. The Morgan fingerprint density at radius 3 is 2.42 bits per heavy atom. The van der Waals surface area contributed by atoms with Crippen molar-refractivity contribution in [3.8, 4) is 5.69 Å². The minimum atomic E-state index is -0.149. The quantitative estimate of drug-likeness (QED) is 0.567. The molecule has 24 heavy (non-hydrogen) atoms. The maximum atomic E-state index is 12.1. The summed E-state index contributed by atoms with van der Waals surface area (Å²) in [5, 5.41) is 2.90. The van der Waals surface area contributed by atoms with Gasteiger partial charge in [0.15, 0.2) is 0 Å². The molecule has 1 N–H and O–H groups in total. The van der Waals surface area contributed by atoms with Crippen LogP contribution in [0.2, 0.25) is 0 Å². The number of rotatable bonds is 9. The average molecular weight is 328 g/mol. The van der Waals surface area contributed by atoms with E-state index < -0.39 is 0 Å². The van der Waals surface area contributed by atoms with Crippen molar-refractivity contribution in [1.29, 1.82) is 0 Å². The number of amides is 1. The minimum Gasteiger partial charge on any atom is -0.466 e. The minimum absolute atomic E-state index is 0.0700. The van der Waals surface area contributed by atoms with Crippen LogP contribution >= 0.6 is 0 Å². The first-order valence-corrected chi connectivity index (χ1v) is 8.38. The van der Waals surface area contributed by atoms with Crippen molar-refractivity contribution in [3.63, 3.8) is 0 Å². The normalized spacial score (nSPS) is 10.4. The van der Waals surface area contributed by atoms with E-state index in [1.807, 2.05) is 53.4 Å². The van der Waals surface area contributed by atoms with Crippen LogP contribution in [0.3, 0.4) is 0 Å². The highest BCUT2D eigenvalue weighted by molar-refractivity contribution is 5.94. The van der Waals surface area contributed by atoms with Crippen molar-refractivity contribution in [3.05, 3.63) is 54.4 Å². The lowest BCUT2D eigenvalue weighted by Gasteiger charge is -2.07. The Morgan fingerprint density at radius 1 is 1.04 bits per heavy atom. The summed E-state index contributed by atoms with van der Waals surface area (Å²) in [6.07, 6.45) is 6.91. The van der Waals surface area contributed by atoms with E-state index in [1.54, 1.807) is 6.92 Å². The van der Waals surface area contributed by atoms with Crippen LogP contribution in [-0.4, -0.2) is 29.6 Å². The molecule has 0 bridgehead atoms. The van der Waals surface area contributed by atoms with Gasteiger partial charge in [-0.15, -0.1) is 0 Å². The van der Waals surface area contributed by atoms with Gasteiger partial charge in [-0.05, 0) is 56.2 Å². The largest absolute Gasteiger partial charge is 0.466 e. The van der Waals surface area contributed by atoms with E-state index >= 15 is 0 Å². The molecule has 0 fully saturated rings. The zero-order valence-electron chi connectivity index (χ0n) is 14.0. The summed E-state index contributed by atoms with van der Waals surface area (Å²) < 4.78 is 6.86. The summed E-state index contributed by atoms with van der Waals surface area (Å²) in [6, 6.07) is 11.4.